The molecule has 0 aromatic heterocycles. The summed E-state index contributed by atoms with van der Waals surface area (Å²) in [6.45, 7) is 3.36. The second-order valence-corrected chi connectivity index (χ2v) is 4.77. The third-order valence-electron chi connectivity index (χ3n) is 3.50. The van der Waals surface area contributed by atoms with Gasteiger partial charge >= 0.3 is 0 Å². The van der Waals surface area contributed by atoms with Crippen molar-refractivity contribution in [2.45, 2.75) is 50.5 Å². The van der Waals surface area contributed by atoms with E-state index in [0.29, 0.717) is 0 Å². The lowest BCUT2D eigenvalue weighted by Gasteiger charge is -2.35. The molecule has 1 N–H and O–H groups in total. The molecule has 0 aromatic rings. The summed E-state index contributed by atoms with van der Waals surface area (Å²) < 4.78 is 0. The van der Waals surface area contributed by atoms with E-state index in [1.807, 2.05) is 0 Å². The van der Waals surface area contributed by atoms with E-state index in [1.54, 1.807) is 0 Å². The van der Waals surface area contributed by atoms with E-state index in [2.05, 4.69) is 4.90 Å². The van der Waals surface area contributed by atoms with Gasteiger partial charge in [0.15, 0.2) is 0 Å². The van der Waals surface area contributed by atoms with Crippen molar-refractivity contribution in [3.8, 4) is 0 Å². The fraction of sp³-hybridized carbons (Fsp3) is 1.00. The summed E-state index contributed by atoms with van der Waals surface area (Å²) in [6, 6.07) is 0. The van der Waals surface area contributed by atoms with Crippen molar-refractivity contribution in [1.29, 1.82) is 0 Å². The van der Waals surface area contributed by atoms with E-state index in [4.69, 9.17) is 0 Å². The van der Waals surface area contributed by atoms with Crippen LogP contribution in [-0.4, -0.2) is 35.2 Å². The summed E-state index contributed by atoms with van der Waals surface area (Å²) in [5, 5.41) is 10.3. The van der Waals surface area contributed by atoms with Gasteiger partial charge in [0.1, 0.15) is 0 Å². The van der Waals surface area contributed by atoms with Crippen LogP contribution in [0.2, 0.25) is 0 Å². The lowest BCUT2D eigenvalue weighted by Crippen LogP contribution is -2.43. The lowest BCUT2D eigenvalue weighted by atomic mass is 9.84. The number of hydrogen-bond acceptors (Lipinski definition) is 2. The van der Waals surface area contributed by atoms with Crippen LogP contribution < -0.4 is 0 Å². The molecule has 2 nitrogen and oxygen atoms in total. The highest BCUT2D eigenvalue weighted by Gasteiger charge is 2.31. The molecule has 0 atom stereocenters. The molecule has 0 spiro atoms. The SMILES string of the molecule is OC1(CN2CCCC2)CCCCC1. The maximum absolute atomic E-state index is 10.3. The topological polar surface area (TPSA) is 23.5 Å². The second-order valence-electron chi connectivity index (χ2n) is 4.77. The van der Waals surface area contributed by atoms with E-state index >= 15 is 0 Å². The van der Waals surface area contributed by atoms with Gasteiger partial charge in [0.25, 0.3) is 0 Å². The van der Waals surface area contributed by atoms with Crippen LogP contribution in [0.5, 0.6) is 0 Å². The normalized spacial score (nSPS) is 29.3. The summed E-state index contributed by atoms with van der Waals surface area (Å²) in [4.78, 5) is 2.44. The Morgan fingerprint density at radius 1 is 0.923 bits per heavy atom. The van der Waals surface area contributed by atoms with Crippen LogP contribution in [0.25, 0.3) is 0 Å². The Bertz CT molecular complexity index is 157. The first kappa shape index (κ1) is 9.47. The molecule has 2 fully saturated rings. The van der Waals surface area contributed by atoms with Crippen molar-refractivity contribution in [1.82, 2.24) is 4.90 Å². The van der Waals surface area contributed by atoms with Gasteiger partial charge in [0.05, 0.1) is 5.60 Å². The summed E-state index contributed by atoms with van der Waals surface area (Å²) >= 11 is 0. The summed E-state index contributed by atoms with van der Waals surface area (Å²) in [5.74, 6) is 0. The summed E-state index contributed by atoms with van der Waals surface area (Å²) in [7, 11) is 0. The van der Waals surface area contributed by atoms with E-state index in [1.165, 1.54) is 45.2 Å². The molecule has 1 aliphatic carbocycles. The third kappa shape index (κ3) is 2.44. The predicted molar refractivity (Wildman–Crippen MR) is 53.7 cm³/mol. The second kappa shape index (κ2) is 3.97. The molecule has 2 heteroatoms. The van der Waals surface area contributed by atoms with E-state index < -0.39 is 0 Å². The van der Waals surface area contributed by atoms with Crippen molar-refractivity contribution in [3.05, 3.63) is 0 Å². The molecular formula is C11H21NO. The average molecular weight is 183 g/mol. The fourth-order valence-electron chi connectivity index (χ4n) is 2.72. The lowest BCUT2D eigenvalue weighted by molar-refractivity contribution is -0.0213. The highest BCUT2D eigenvalue weighted by atomic mass is 16.3. The molecule has 76 valence electrons. The molecular weight excluding hydrogens is 162 g/mol. The van der Waals surface area contributed by atoms with Crippen LogP contribution in [0.4, 0.5) is 0 Å². The van der Waals surface area contributed by atoms with Gasteiger partial charge in [0, 0.05) is 6.54 Å². The monoisotopic (exact) mass is 183 g/mol. The Kier molecular flexibility index (Phi) is 2.89. The molecule has 2 rings (SSSR count). The molecule has 0 aromatic carbocycles. The van der Waals surface area contributed by atoms with Gasteiger partial charge in [-0.3, -0.25) is 0 Å². The minimum Gasteiger partial charge on any atom is -0.389 e. The van der Waals surface area contributed by atoms with Gasteiger partial charge in [-0.1, -0.05) is 19.3 Å². The molecule has 0 unspecified atom stereocenters. The standard InChI is InChI=1S/C11H21NO/c13-11(6-2-1-3-7-11)10-12-8-4-5-9-12/h13H,1-10H2. The molecule has 1 saturated carbocycles. The van der Waals surface area contributed by atoms with E-state index in [0.717, 1.165) is 19.4 Å². The zero-order chi connectivity index (χ0) is 9.15. The minimum absolute atomic E-state index is 0.331. The van der Waals surface area contributed by atoms with Crippen molar-refractivity contribution in [2.75, 3.05) is 19.6 Å². The van der Waals surface area contributed by atoms with Gasteiger partial charge in [-0.2, -0.15) is 0 Å². The largest absolute Gasteiger partial charge is 0.389 e. The van der Waals surface area contributed by atoms with Gasteiger partial charge in [0.2, 0.25) is 0 Å². The highest BCUT2D eigenvalue weighted by Crippen LogP contribution is 2.29. The predicted octanol–water partition coefficient (Wildman–Crippen LogP) is 1.78. The number of likely N-dealkylation sites (tertiary alicyclic amines) is 1. The molecule has 0 radical (unpaired) electrons. The van der Waals surface area contributed by atoms with Crippen LogP contribution >= 0.6 is 0 Å². The average Bonchev–Trinajstić information content (AvgIpc) is 2.57. The minimum atomic E-state index is -0.331. The van der Waals surface area contributed by atoms with Crippen LogP contribution in [0.3, 0.4) is 0 Å². The quantitative estimate of drug-likeness (QED) is 0.705. The zero-order valence-corrected chi connectivity index (χ0v) is 8.47. The van der Waals surface area contributed by atoms with Crippen LogP contribution in [-0.2, 0) is 0 Å². The summed E-state index contributed by atoms with van der Waals surface area (Å²) in [5.41, 5.74) is -0.331. The number of hydrogen-bond donors (Lipinski definition) is 1. The van der Waals surface area contributed by atoms with Crippen molar-refractivity contribution < 1.29 is 5.11 Å². The number of nitrogens with zero attached hydrogens (tertiary/aromatic N) is 1. The van der Waals surface area contributed by atoms with Crippen molar-refractivity contribution >= 4 is 0 Å². The fourth-order valence-corrected chi connectivity index (χ4v) is 2.72. The first-order chi connectivity index (χ1) is 6.29. The Morgan fingerprint density at radius 3 is 2.15 bits per heavy atom. The first-order valence-electron chi connectivity index (χ1n) is 5.73. The smallest absolute Gasteiger partial charge is 0.0774 e. The maximum atomic E-state index is 10.3. The molecule has 1 aliphatic heterocycles. The van der Waals surface area contributed by atoms with Gasteiger partial charge in [-0.15, -0.1) is 0 Å². The van der Waals surface area contributed by atoms with E-state index in [9.17, 15) is 5.11 Å². The van der Waals surface area contributed by atoms with Gasteiger partial charge in [-0.25, -0.2) is 0 Å². The third-order valence-corrected chi connectivity index (χ3v) is 3.50. The molecule has 13 heavy (non-hydrogen) atoms. The van der Waals surface area contributed by atoms with Crippen LogP contribution in [0, 0.1) is 0 Å². The Balaban J connectivity index is 1.83. The molecule has 1 heterocycles. The van der Waals surface area contributed by atoms with E-state index in [-0.39, 0.29) is 5.60 Å². The maximum Gasteiger partial charge on any atom is 0.0774 e. The van der Waals surface area contributed by atoms with Gasteiger partial charge in [-0.05, 0) is 38.8 Å². The molecule has 0 bridgehead atoms. The Labute approximate surface area is 80.9 Å². The van der Waals surface area contributed by atoms with Crippen molar-refractivity contribution in [2.24, 2.45) is 0 Å². The van der Waals surface area contributed by atoms with Gasteiger partial charge < -0.3 is 10.0 Å². The highest BCUT2D eigenvalue weighted by molar-refractivity contribution is 4.86. The molecule has 0 amide bonds. The first-order valence-corrected chi connectivity index (χ1v) is 5.73. The van der Waals surface area contributed by atoms with Crippen LogP contribution in [0.15, 0.2) is 0 Å². The van der Waals surface area contributed by atoms with Crippen molar-refractivity contribution in [3.63, 3.8) is 0 Å². The van der Waals surface area contributed by atoms with Crippen LogP contribution in [0.1, 0.15) is 44.9 Å². The number of β-amino-alcohol motifs (C(OH)–C–C–N with tert-alkyl or cyclic N) is 1. The summed E-state index contributed by atoms with van der Waals surface area (Å²) in [6.07, 6.45) is 8.50. The number of aliphatic hydroxyl groups is 1. The molecule has 2 aliphatic rings. The zero-order valence-electron chi connectivity index (χ0n) is 8.47. The Morgan fingerprint density at radius 2 is 1.54 bits per heavy atom. The Hall–Kier alpha value is -0.0800. The molecule has 1 saturated heterocycles. The number of rotatable bonds is 2.